The van der Waals surface area contributed by atoms with E-state index in [9.17, 15) is 4.79 Å². The number of thiazole rings is 1. The number of rotatable bonds is 7. The molecule has 0 saturated carbocycles. The molecule has 5 nitrogen and oxygen atoms in total. The summed E-state index contributed by atoms with van der Waals surface area (Å²) in [5.74, 6) is 1.26. The van der Waals surface area contributed by atoms with Crippen LogP contribution in [-0.2, 0) is 11.3 Å². The third-order valence-electron chi connectivity index (χ3n) is 4.14. The highest BCUT2D eigenvalue weighted by Crippen LogP contribution is 2.18. The van der Waals surface area contributed by atoms with Crippen molar-refractivity contribution in [1.82, 2.24) is 9.88 Å². The molecule has 1 aromatic heterocycles. The van der Waals surface area contributed by atoms with Crippen LogP contribution in [0.15, 0.2) is 35.2 Å². The highest BCUT2D eigenvalue weighted by molar-refractivity contribution is 7.07. The Morgan fingerprint density at radius 3 is 2.88 bits per heavy atom. The Morgan fingerprint density at radius 1 is 1.42 bits per heavy atom. The van der Waals surface area contributed by atoms with Gasteiger partial charge in [-0.05, 0) is 37.6 Å². The van der Waals surface area contributed by atoms with Crippen LogP contribution >= 0.6 is 11.3 Å². The SMILES string of the molecule is CCN(C[C@@H]1CCOC1)C(=O)c1ccc(OCc2cscn2)cc1. The van der Waals surface area contributed by atoms with Crippen molar-refractivity contribution >= 4 is 17.2 Å². The minimum Gasteiger partial charge on any atom is -0.487 e. The summed E-state index contributed by atoms with van der Waals surface area (Å²) < 4.78 is 11.1. The number of benzene rings is 1. The maximum atomic E-state index is 12.7. The van der Waals surface area contributed by atoms with Crippen LogP contribution in [0.5, 0.6) is 5.75 Å². The molecule has 1 atom stereocenters. The minimum absolute atomic E-state index is 0.0652. The fraction of sp³-hybridized carbons (Fsp3) is 0.444. The van der Waals surface area contributed by atoms with E-state index in [-0.39, 0.29) is 5.91 Å². The van der Waals surface area contributed by atoms with Crippen LogP contribution in [0.2, 0.25) is 0 Å². The van der Waals surface area contributed by atoms with E-state index in [1.165, 1.54) is 0 Å². The van der Waals surface area contributed by atoms with Crippen LogP contribution in [0, 0.1) is 5.92 Å². The molecule has 0 radical (unpaired) electrons. The van der Waals surface area contributed by atoms with Crippen molar-refractivity contribution in [3.05, 3.63) is 46.4 Å². The molecule has 1 aliphatic heterocycles. The van der Waals surface area contributed by atoms with Gasteiger partial charge in [-0.15, -0.1) is 11.3 Å². The summed E-state index contributed by atoms with van der Waals surface area (Å²) in [6.07, 6.45) is 1.03. The lowest BCUT2D eigenvalue weighted by molar-refractivity contribution is 0.0731. The van der Waals surface area contributed by atoms with Gasteiger partial charge >= 0.3 is 0 Å². The Hall–Kier alpha value is -1.92. The molecule has 6 heteroatoms. The number of ether oxygens (including phenoxy) is 2. The lowest BCUT2D eigenvalue weighted by atomic mass is 10.1. The molecule has 2 aromatic rings. The first kappa shape index (κ1) is 16.9. The average Bonchev–Trinajstić information content (AvgIpc) is 3.31. The van der Waals surface area contributed by atoms with Crippen molar-refractivity contribution in [2.45, 2.75) is 20.0 Å². The predicted octanol–water partition coefficient (Wildman–Crippen LogP) is 3.22. The second-order valence-electron chi connectivity index (χ2n) is 5.87. The van der Waals surface area contributed by atoms with Gasteiger partial charge in [0.1, 0.15) is 12.4 Å². The van der Waals surface area contributed by atoms with Crippen molar-refractivity contribution < 1.29 is 14.3 Å². The summed E-state index contributed by atoms with van der Waals surface area (Å²) in [4.78, 5) is 18.7. The van der Waals surface area contributed by atoms with Crippen LogP contribution in [0.1, 0.15) is 29.4 Å². The van der Waals surface area contributed by atoms with E-state index in [1.807, 2.05) is 41.5 Å². The number of carbonyl (C=O) groups is 1. The standard InChI is InChI=1S/C18H22N2O3S/c1-2-20(9-14-7-8-22-10-14)18(21)15-3-5-17(6-4-15)23-11-16-12-24-13-19-16/h3-6,12-14H,2,7-11H2,1H3/t14-/m0/s1. The van der Waals surface area contributed by atoms with Crippen LogP contribution in [0.3, 0.4) is 0 Å². The van der Waals surface area contributed by atoms with Gasteiger partial charge < -0.3 is 14.4 Å². The molecule has 1 saturated heterocycles. The Kier molecular flexibility index (Phi) is 5.82. The summed E-state index contributed by atoms with van der Waals surface area (Å²) >= 11 is 1.55. The van der Waals surface area contributed by atoms with E-state index in [2.05, 4.69) is 4.98 Å². The largest absolute Gasteiger partial charge is 0.487 e. The first-order valence-corrected chi connectivity index (χ1v) is 9.17. The Morgan fingerprint density at radius 2 is 2.25 bits per heavy atom. The van der Waals surface area contributed by atoms with E-state index in [0.29, 0.717) is 24.6 Å². The molecule has 1 aromatic carbocycles. The van der Waals surface area contributed by atoms with Gasteiger partial charge in [0.15, 0.2) is 0 Å². The van der Waals surface area contributed by atoms with Crippen molar-refractivity contribution in [3.8, 4) is 5.75 Å². The molecule has 0 bridgehead atoms. The molecule has 128 valence electrons. The van der Waals surface area contributed by atoms with Crippen molar-refractivity contribution in [1.29, 1.82) is 0 Å². The molecule has 3 rings (SSSR count). The van der Waals surface area contributed by atoms with Gasteiger partial charge in [0.2, 0.25) is 0 Å². The monoisotopic (exact) mass is 346 g/mol. The zero-order valence-electron chi connectivity index (χ0n) is 13.8. The fourth-order valence-electron chi connectivity index (χ4n) is 2.74. The summed E-state index contributed by atoms with van der Waals surface area (Å²) in [6.45, 7) is 5.49. The first-order valence-electron chi connectivity index (χ1n) is 8.23. The highest BCUT2D eigenvalue weighted by Gasteiger charge is 2.22. The maximum Gasteiger partial charge on any atom is 0.253 e. The molecule has 0 unspecified atom stereocenters. The lowest BCUT2D eigenvalue weighted by Gasteiger charge is -2.23. The van der Waals surface area contributed by atoms with Crippen LogP contribution < -0.4 is 4.74 Å². The molecule has 1 amide bonds. The highest BCUT2D eigenvalue weighted by atomic mass is 32.1. The van der Waals surface area contributed by atoms with Gasteiger partial charge in [0.25, 0.3) is 5.91 Å². The molecule has 0 spiro atoms. The number of hydrogen-bond acceptors (Lipinski definition) is 5. The number of amides is 1. The summed E-state index contributed by atoms with van der Waals surface area (Å²) in [5.41, 5.74) is 3.39. The van der Waals surface area contributed by atoms with Gasteiger partial charge in [-0.3, -0.25) is 4.79 Å². The van der Waals surface area contributed by atoms with Gasteiger partial charge in [0, 0.05) is 36.6 Å². The zero-order valence-corrected chi connectivity index (χ0v) is 14.6. The van der Waals surface area contributed by atoms with E-state index in [0.717, 1.165) is 37.6 Å². The van der Waals surface area contributed by atoms with Crippen LogP contribution in [-0.4, -0.2) is 42.1 Å². The molecule has 1 aliphatic rings. The van der Waals surface area contributed by atoms with E-state index >= 15 is 0 Å². The van der Waals surface area contributed by atoms with E-state index in [4.69, 9.17) is 9.47 Å². The molecular formula is C18H22N2O3S. The third-order valence-corrected chi connectivity index (χ3v) is 4.78. The Bertz CT molecular complexity index is 637. The number of hydrogen-bond donors (Lipinski definition) is 0. The Labute approximate surface area is 146 Å². The van der Waals surface area contributed by atoms with Crippen LogP contribution in [0.4, 0.5) is 0 Å². The summed E-state index contributed by atoms with van der Waals surface area (Å²) in [7, 11) is 0. The van der Waals surface area contributed by atoms with Crippen molar-refractivity contribution in [3.63, 3.8) is 0 Å². The Balaban J connectivity index is 1.57. The van der Waals surface area contributed by atoms with Gasteiger partial charge in [-0.1, -0.05) is 0 Å². The number of nitrogens with zero attached hydrogens (tertiary/aromatic N) is 2. The second kappa shape index (κ2) is 8.26. The smallest absolute Gasteiger partial charge is 0.253 e. The maximum absolute atomic E-state index is 12.7. The third kappa shape index (κ3) is 4.33. The van der Waals surface area contributed by atoms with Gasteiger partial charge in [-0.2, -0.15) is 0 Å². The fourth-order valence-corrected chi connectivity index (χ4v) is 3.28. The lowest BCUT2D eigenvalue weighted by Crippen LogP contribution is -2.35. The predicted molar refractivity (Wildman–Crippen MR) is 93.4 cm³/mol. The molecule has 1 fully saturated rings. The first-order chi connectivity index (χ1) is 11.8. The zero-order chi connectivity index (χ0) is 16.8. The normalized spacial score (nSPS) is 17.0. The molecule has 2 heterocycles. The number of carbonyl (C=O) groups excluding carboxylic acids is 1. The second-order valence-corrected chi connectivity index (χ2v) is 6.58. The molecule has 24 heavy (non-hydrogen) atoms. The van der Waals surface area contributed by atoms with Gasteiger partial charge in [-0.25, -0.2) is 4.98 Å². The van der Waals surface area contributed by atoms with Crippen molar-refractivity contribution in [2.75, 3.05) is 26.3 Å². The quantitative estimate of drug-likeness (QED) is 0.772. The average molecular weight is 346 g/mol. The molecular weight excluding hydrogens is 324 g/mol. The minimum atomic E-state index is 0.0652. The van der Waals surface area contributed by atoms with Crippen LogP contribution in [0.25, 0.3) is 0 Å². The van der Waals surface area contributed by atoms with E-state index in [1.54, 1.807) is 16.8 Å². The topological polar surface area (TPSA) is 51.7 Å². The van der Waals surface area contributed by atoms with E-state index < -0.39 is 0 Å². The summed E-state index contributed by atoms with van der Waals surface area (Å²) in [6, 6.07) is 7.33. The van der Waals surface area contributed by atoms with Gasteiger partial charge in [0.05, 0.1) is 17.8 Å². The number of aromatic nitrogens is 1. The molecule has 0 N–H and O–H groups in total. The summed E-state index contributed by atoms with van der Waals surface area (Å²) in [5, 5.41) is 1.96. The van der Waals surface area contributed by atoms with Crippen molar-refractivity contribution in [2.24, 2.45) is 5.92 Å². The molecule has 0 aliphatic carbocycles.